The minimum absolute atomic E-state index is 0.0996. The van der Waals surface area contributed by atoms with Crippen molar-refractivity contribution in [3.63, 3.8) is 0 Å². The van der Waals surface area contributed by atoms with E-state index < -0.39 is 32.8 Å². The van der Waals surface area contributed by atoms with Gasteiger partial charge in [0.05, 0.1) is 0 Å². The lowest BCUT2D eigenvalue weighted by Gasteiger charge is -2.30. The number of halogens is 4. The fourth-order valence-corrected chi connectivity index (χ4v) is 9.78. The molecule has 3 rings (SSSR count). The van der Waals surface area contributed by atoms with Crippen molar-refractivity contribution in [1.82, 2.24) is 0 Å². The van der Waals surface area contributed by atoms with Crippen molar-refractivity contribution in [1.29, 1.82) is 0 Å². The minimum atomic E-state index is -3.23. The molecule has 2 fully saturated rings. The highest BCUT2D eigenvalue weighted by atomic mass is 28.3. The Bertz CT molecular complexity index is 674. The van der Waals surface area contributed by atoms with Gasteiger partial charge in [0.1, 0.15) is 0 Å². The van der Waals surface area contributed by atoms with E-state index in [1.807, 2.05) is 0 Å². The smallest absolute Gasteiger partial charge is 0.387 e. The summed E-state index contributed by atoms with van der Waals surface area (Å²) in [4.78, 5) is 0. The standard InChI is InChI=1S/C27H42F4OSi/c1-2-3-6-15-33-16-13-21(14-17-33)8-5-4-7-20-9-11-22(12-10-20)23-18-24(28)26(25(29)19-23)32-27(30)31/h18-22,27,33H,2-17H2,1H3/t20-,21-,22-,33-. The molecule has 0 radical (unpaired) electrons. The molecule has 188 valence electrons. The molecule has 1 aliphatic carbocycles. The second kappa shape index (κ2) is 13.7. The summed E-state index contributed by atoms with van der Waals surface area (Å²) >= 11 is 0. The third-order valence-corrected chi connectivity index (χ3v) is 11.7. The number of unbranched alkanes of at least 4 members (excludes halogenated alkanes) is 3. The molecule has 2 aliphatic rings. The summed E-state index contributed by atoms with van der Waals surface area (Å²) in [6.07, 6.45) is 16.5. The first-order chi connectivity index (χ1) is 16.0. The van der Waals surface area contributed by atoms with Gasteiger partial charge in [0, 0.05) is 8.80 Å². The summed E-state index contributed by atoms with van der Waals surface area (Å²) in [5.41, 5.74) is 0.568. The predicted molar refractivity (Wildman–Crippen MR) is 130 cm³/mol. The van der Waals surface area contributed by atoms with Crippen molar-refractivity contribution in [3.05, 3.63) is 29.3 Å². The SMILES string of the molecule is CCCCC[Si@H]1CC[C@H](CCCC[C@H]2CC[C@H](c3cc(F)c(OC(F)F)c(F)c3)CC2)CC1. The van der Waals surface area contributed by atoms with Gasteiger partial charge in [-0.2, -0.15) is 8.78 Å². The van der Waals surface area contributed by atoms with Crippen molar-refractivity contribution in [3.8, 4) is 5.75 Å². The van der Waals surface area contributed by atoms with Gasteiger partial charge in [-0.05, 0) is 61.1 Å². The van der Waals surface area contributed by atoms with Crippen LogP contribution in [0.25, 0.3) is 0 Å². The first-order valence-electron chi connectivity index (χ1n) is 13.4. The van der Waals surface area contributed by atoms with Crippen molar-refractivity contribution in [2.75, 3.05) is 0 Å². The van der Waals surface area contributed by atoms with E-state index in [4.69, 9.17) is 0 Å². The molecular formula is C27H42F4OSi. The van der Waals surface area contributed by atoms with Crippen molar-refractivity contribution < 1.29 is 22.3 Å². The molecule has 0 spiro atoms. The van der Waals surface area contributed by atoms with Crippen LogP contribution in [0.3, 0.4) is 0 Å². The monoisotopic (exact) mass is 486 g/mol. The molecule has 1 saturated heterocycles. The first kappa shape index (κ1) is 26.6. The van der Waals surface area contributed by atoms with Gasteiger partial charge in [0.15, 0.2) is 17.4 Å². The Morgan fingerprint density at radius 1 is 0.848 bits per heavy atom. The zero-order valence-corrected chi connectivity index (χ0v) is 21.4. The maximum absolute atomic E-state index is 14.1. The number of ether oxygens (including phenoxy) is 1. The molecule has 1 saturated carbocycles. The lowest BCUT2D eigenvalue weighted by atomic mass is 9.77. The maximum atomic E-state index is 14.1. The second-order valence-corrected chi connectivity index (χ2v) is 14.0. The van der Waals surface area contributed by atoms with Gasteiger partial charge in [0.2, 0.25) is 0 Å². The Morgan fingerprint density at radius 3 is 1.97 bits per heavy atom. The third-order valence-electron chi connectivity index (χ3n) is 8.20. The number of hydrogen-bond acceptors (Lipinski definition) is 1. The number of alkyl halides is 2. The van der Waals surface area contributed by atoms with Gasteiger partial charge in [-0.1, -0.05) is 82.8 Å². The van der Waals surface area contributed by atoms with Gasteiger partial charge >= 0.3 is 6.61 Å². The number of hydrogen-bond donors (Lipinski definition) is 0. The Balaban J connectivity index is 1.31. The van der Waals surface area contributed by atoms with E-state index in [0.29, 0.717) is 11.5 Å². The van der Waals surface area contributed by atoms with Gasteiger partial charge in [0.25, 0.3) is 0 Å². The van der Waals surface area contributed by atoms with E-state index in [9.17, 15) is 17.6 Å². The summed E-state index contributed by atoms with van der Waals surface area (Å²) in [7, 11) is -0.396. The number of benzene rings is 1. The van der Waals surface area contributed by atoms with E-state index >= 15 is 0 Å². The molecule has 1 heterocycles. The van der Waals surface area contributed by atoms with Crippen molar-refractivity contribution >= 4 is 8.80 Å². The van der Waals surface area contributed by atoms with E-state index in [0.717, 1.165) is 31.6 Å². The van der Waals surface area contributed by atoms with Gasteiger partial charge in [-0.3, -0.25) is 0 Å². The zero-order chi connectivity index (χ0) is 23.6. The van der Waals surface area contributed by atoms with E-state index in [1.54, 1.807) is 18.1 Å². The first-order valence-corrected chi connectivity index (χ1v) is 15.8. The van der Waals surface area contributed by atoms with Gasteiger partial charge in [-0.25, -0.2) is 8.78 Å². The molecule has 0 atom stereocenters. The molecule has 33 heavy (non-hydrogen) atoms. The Morgan fingerprint density at radius 2 is 1.42 bits per heavy atom. The van der Waals surface area contributed by atoms with Gasteiger partial charge < -0.3 is 4.74 Å². The molecule has 0 bridgehead atoms. The van der Waals surface area contributed by atoms with Crippen LogP contribution < -0.4 is 4.74 Å². The van der Waals surface area contributed by atoms with Crippen LogP contribution in [0.1, 0.15) is 102 Å². The molecule has 1 aromatic carbocycles. The maximum Gasteiger partial charge on any atom is 0.387 e. The molecule has 6 heteroatoms. The summed E-state index contributed by atoms with van der Waals surface area (Å²) in [5.74, 6) is -1.27. The molecule has 1 nitrogen and oxygen atoms in total. The lowest BCUT2D eigenvalue weighted by molar-refractivity contribution is -0.0546. The average Bonchev–Trinajstić information content (AvgIpc) is 2.80. The molecule has 1 aromatic rings. The van der Waals surface area contributed by atoms with Crippen LogP contribution in [-0.2, 0) is 0 Å². The molecule has 0 amide bonds. The lowest BCUT2D eigenvalue weighted by Crippen LogP contribution is -2.21. The molecular weight excluding hydrogens is 444 g/mol. The van der Waals surface area contributed by atoms with Crippen LogP contribution in [0.2, 0.25) is 18.1 Å². The second-order valence-electron chi connectivity index (χ2n) is 10.6. The fraction of sp³-hybridized carbons (Fsp3) is 0.778. The highest BCUT2D eigenvalue weighted by Gasteiger charge is 2.26. The highest BCUT2D eigenvalue weighted by Crippen LogP contribution is 2.40. The Kier molecular flexibility index (Phi) is 11.1. The van der Waals surface area contributed by atoms with Crippen LogP contribution in [-0.4, -0.2) is 15.4 Å². The van der Waals surface area contributed by atoms with Crippen LogP contribution in [0.15, 0.2) is 12.1 Å². The minimum Gasteiger partial charge on any atom is -0.429 e. The van der Waals surface area contributed by atoms with E-state index in [1.165, 1.54) is 69.9 Å². The Labute approximate surface area is 199 Å². The zero-order valence-electron chi connectivity index (χ0n) is 20.3. The summed E-state index contributed by atoms with van der Waals surface area (Å²) in [5, 5.41) is 0. The topological polar surface area (TPSA) is 9.23 Å². The average molecular weight is 487 g/mol. The summed E-state index contributed by atoms with van der Waals surface area (Å²) < 4.78 is 56.7. The highest BCUT2D eigenvalue weighted by molar-refractivity contribution is 6.58. The van der Waals surface area contributed by atoms with Crippen LogP contribution in [0.5, 0.6) is 5.75 Å². The van der Waals surface area contributed by atoms with Crippen molar-refractivity contribution in [2.45, 2.75) is 121 Å². The predicted octanol–water partition coefficient (Wildman–Crippen LogP) is 9.23. The fourth-order valence-electron chi connectivity index (χ4n) is 6.16. The summed E-state index contributed by atoms with van der Waals surface area (Å²) in [6.45, 7) is -0.940. The third kappa shape index (κ3) is 8.59. The van der Waals surface area contributed by atoms with Crippen LogP contribution in [0.4, 0.5) is 17.6 Å². The van der Waals surface area contributed by atoms with Gasteiger partial charge in [-0.15, -0.1) is 0 Å². The normalized spacial score (nSPS) is 26.0. The molecule has 0 aromatic heterocycles. The largest absolute Gasteiger partial charge is 0.429 e. The molecule has 1 aliphatic heterocycles. The van der Waals surface area contributed by atoms with Crippen molar-refractivity contribution in [2.24, 2.45) is 11.8 Å². The van der Waals surface area contributed by atoms with Crippen LogP contribution in [0, 0.1) is 23.5 Å². The molecule has 0 unspecified atom stereocenters. The summed E-state index contributed by atoms with van der Waals surface area (Å²) in [6, 6.07) is 7.08. The van der Waals surface area contributed by atoms with E-state index in [-0.39, 0.29) is 5.92 Å². The number of rotatable bonds is 12. The quantitative estimate of drug-likeness (QED) is 0.162. The van der Waals surface area contributed by atoms with Crippen LogP contribution >= 0.6 is 0 Å². The molecule has 0 N–H and O–H groups in total. The van der Waals surface area contributed by atoms with E-state index in [2.05, 4.69) is 11.7 Å². The Hall–Kier alpha value is -1.04.